The second-order valence-corrected chi connectivity index (χ2v) is 10.8. The molecule has 2 saturated carbocycles. The summed E-state index contributed by atoms with van der Waals surface area (Å²) in [5.41, 5.74) is -0.137. The molecule has 4 rings (SSSR count). The number of rotatable bonds is 5. The maximum atomic E-state index is 13.2. The first-order valence-electron chi connectivity index (χ1n) is 10.3. The zero-order valence-corrected chi connectivity index (χ0v) is 17.3. The van der Waals surface area contributed by atoms with Crippen LogP contribution in [0, 0.1) is 17.3 Å². The van der Waals surface area contributed by atoms with Gasteiger partial charge in [0.1, 0.15) is 0 Å². The summed E-state index contributed by atoms with van der Waals surface area (Å²) < 4.78 is 0. The van der Waals surface area contributed by atoms with Crippen molar-refractivity contribution < 1.29 is 9.59 Å². The highest BCUT2D eigenvalue weighted by atomic mass is 16.2. The van der Waals surface area contributed by atoms with Crippen LogP contribution in [-0.4, -0.2) is 58.9 Å². The van der Waals surface area contributed by atoms with E-state index in [0.29, 0.717) is 35.8 Å². The van der Waals surface area contributed by atoms with Crippen LogP contribution in [-0.2, 0) is 9.59 Å². The Morgan fingerprint density at radius 1 is 1.15 bits per heavy atom. The summed E-state index contributed by atoms with van der Waals surface area (Å²) in [6, 6.07) is 0.612. The van der Waals surface area contributed by atoms with Crippen LogP contribution in [0.15, 0.2) is 0 Å². The van der Waals surface area contributed by atoms with Crippen LogP contribution in [0.1, 0.15) is 66.2 Å². The maximum absolute atomic E-state index is 13.2. The third-order valence-corrected chi connectivity index (χ3v) is 8.16. The molecule has 2 heterocycles. The van der Waals surface area contributed by atoms with Crippen LogP contribution in [0.4, 0.5) is 0 Å². The summed E-state index contributed by atoms with van der Waals surface area (Å²) in [6.45, 7) is 8.53. The van der Waals surface area contributed by atoms with E-state index >= 15 is 0 Å². The van der Waals surface area contributed by atoms with Gasteiger partial charge in [-0.05, 0) is 71.4 Å². The van der Waals surface area contributed by atoms with Gasteiger partial charge in [-0.15, -0.1) is 0 Å². The largest absolute Gasteiger partial charge is 0.350 e. The van der Waals surface area contributed by atoms with Crippen LogP contribution in [0.2, 0.25) is 0 Å². The second-order valence-electron chi connectivity index (χ2n) is 10.8. The average molecular weight is 362 g/mol. The highest BCUT2D eigenvalue weighted by Gasteiger charge is 2.67. The number of hydrogen-bond donors (Lipinski definition) is 1. The first-order chi connectivity index (χ1) is 12.0. The quantitative estimate of drug-likeness (QED) is 0.818. The Bertz CT molecular complexity index is 641. The number of nitrogens with zero attached hydrogens (tertiary/aromatic N) is 2. The van der Waals surface area contributed by atoms with E-state index in [4.69, 9.17) is 0 Å². The Hall–Kier alpha value is -1.10. The number of carbonyl (C=O) groups excluding carboxylic acids is 2. The molecule has 2 bridgehead atoms. The number of nitrogens with one attached hydrogen (secondary N) is 1. The lowest BCUT2D eigenvalue weighted by Gasteiger charge is -2.44. The summed E-state index contributed by atoms with van der Waals surface area (Å²) in [5.74, 6) is 1.49. The first-order valence-corrected chi connectivity index (χ1v) is 10.3. The van der Waals surface area contributed by atoms with E-state index in [1.54, 1.807) is 0 Å². The standard InChI is InChI=1S/C21H35N3O2/c1-19(2)10-13(19)9-17(25)22-21-11-14-7-8-16(15(21)12-21)24(14)18(26)20(3,4)23(5)6/h13-16H,7-12H2,1-6H3,(H,22,25)/t13?,14-,15+,16+,21-/m1/s1. The van der Waals surface area contributed by atoms with Crippen molar-refractivity contribution >= 4 is 11.8 Å². The number of amides is 2. The normalized spacial score (nSPS) is 39.6. The van der Waals surface area contributed by atoms with E-state index in [1.807, 2.05) is 32.8 Å². The molecule has 0 aromatic carbocycles. The lowest BCUT2D eigenvalue weighted by molar-refractivity contribution is -0.146. The van der Waals surface area contributed by atoms with Crippen molar-refractivity contribution in [1.82, 2.24) is 15.1 Å². The molecular formula is C21H35N3O2. The number of hydrogen-bond acceptors (Lipinski definition) is 3. The van der Waals surface area contributed by atoms with Crippen LogP contribution in [0.5, 0.6) is 0 Å². The Labute approximate surface area is 157 Å². The van der Waals surface area contributed by atoms with Gasteiger partial charge in [-0.1, -0.05) is 13.8 Å². The van der Waals surface area contributed by atoms with Crippen LogP contribution in [0.3, 0.4) is 0 Å². The fourth-order valence-electron chi connectivity index (χ4n) is 5.50. The minimum Gasteiger partial charge on any atom is -0.350 e. The third kappa shape index (κ3) is 2.69. The summed E-state index contributed by atoms with van der Waals surface area (Å²) >= 11 is 0. The molecule has 5 atom stereocenters. The third-order valence-electron chi connectivity index (χ3n) is 8.16. The van der Waals surface area contributed by atoms with Gasteiger partial charge in [-0.3, -0.25) is 14.5 Å². The Morgan fingerprint density at radius 2 is 1.81 bits per heavy atom. The van der Waals surface area contributed by atoms with E-state index in [0.717, 1.165) is 25.7 Å². The molecule has 0 radical (unpaired) electrons. The van der Waals surface area contributed by atoms with Crippen molar-refractivity contribution in [3.05, 3.63) is 0 Å². The molecule has 1 unspecified atom stereocenters. The zero-order chi connectivity index (χ0) is 19.1. The molecule has 5 nitrogen and oxygen atoms in total. The SMILES string of the molecule is CN(C)C(C)(C)C(=O)N1[C@@H]2CC[C@H]1[C@@H]1C[C@]1(NC(=O)CC1CC1(C)C)C2. The summed E-state index contributed by atoms with van der Waals surface area (Å²) in [7, 11) is 3.95. The topological polar surface area (TPSA) is 52.7 Å². The van der Waals surface area contributed by atoms with Gasteiger partial charge in [0.15, 0.2) is 0 Å². The summed E-state index contributed by atoms with van der Waals surface area (Å²) in [4.78, 5) is 30.0. The van der Waals surface area contributed by atoms with Crippen molar-refractivity contribution in [2.75, 3.05) is 14.1 Å². The van der Waals surface area contributed by atoms with Crippen molar-refractivity contribution in [3.8, 4) is 0 Å². The van der Waals surface area contributed by atoms with Gasteiger partial charge in [0.2, 0.25) is 11.8 Å². The molecular weight excluding hydrogens is 326 g/mol. The first kappa shape index (κ1) is 18.3. The van der Waals surface area contributed by atoms with Gasteiger partial charge in [0.05, 0.1) is 5.54 Å². The minimum absolute atomic E-state index is 0.0129. The molecule has 2 aliphatic heterocycles. The molecule has 4 fully saturated rings. The molecule has 0 aromatic heterocycles. The van der Waals surface area contributed by atoms with Gasteiger partial charge >= 0.3 is 0 Å². The fraction of sp³-hybridized carbons (Fsp3) is 0.905. The number of carbonyl (C=O) groups is 2. The smallest absolute Gasteiger partial charge is 0.243 e. The molecule has 1 N–H and O–H groups in total. The number of fused-ring (bicyclic) bond motifs is 4. The van der Waals surface area contributed by atoms with E-state index in [-0.39, 0.29) is 17.4 Å². The van der Waals surface area contributed by atoms with Gasteiger partial charge in [0, 0.05) is 30.0 Å². The number of piperidine rings is 1. The molecule has 0 spiro atoms. The predicted octanol–water partition coefficient (Wildman–Crippen LogP) is 2.40. The highest BCUT2D eigenvalue weighted by molar-refractivity contribution is 5.87. The molecule has 2 aliphatic carbocycles. The highest BCUT2D eigenvalue weighted by Crippen LogP contribution is 2.60. The monoisotopic (exact) mass is 361 g/mol. The molecule has 4 aliphatic rings. The maximum Gasteiger partial charge on any atom is 0.243 e. The Morgan fingerprint density at radius 3 is 2.38 bits per heavy atom. The van der Waals surface area contributed by atoms with Crippen LogP contribution in [0.25, 0.3) is 0 Å². The van der Waals surface area contributed by atoms with Crippen molar-refractivity contribution in [2.24, 2.45) is 17.3 Å². The molecule has 26 heavy (non-hydrogen) atoms. The van der Waals surface area contributed by atoms with Gasteiger partial charge in [-0.25, -0.2) is 0 Å². The van der Waals surface area contributed by atoms with Crippen molar-refractivity contribution in [3.63, 3.8) is 0 Å². The van der Waals surface area contributed by atoms with E-state index in [2.05, 4.69) is 24.1 Å². The Balaban J connectivity index is 1.42. The lowest BCUT2D eigenvalue weighted by atomic mass is 9.92. The summed E-state index contributed by atoms with van der Waals surface area (Å²) in [5, 5.41) is 3.41. The molecule has 5 heteroatoms. The van der Waals surface area contributed by atoms with Crippen molar-refractivity contribution in [2.45, 2.75) is 89.4 Å². The molecule has 0 aromatic rings. The summed E-state index contributed by atoms with van der Waals surface area (Å²) in [6.07, 6.45) is 6.03. The number of likely N-dealkylation sites (N-methyl/N-ethyl adjacent to an activating group) is 1. The van der Waals surface area contributed by atoms with Gasteiger partial charge in [-0.2, -0.15) is 0 Å². The predicted molar refractivity (Wildman–Crippen MR) is 102 cm³/mol. The average Bonchev–Trinajstić information content (AvgIpc) is 3.32. The van der Waals surface area contributed by atoms with E-state index in [9.17, 15) is 9.59 Å². The van der Waals surface area contributed by atoms with Crippen LogP contribution < -0.4 is 5.32 Å². The van der Waals surface area contributed by atoms with Crippen molar-refractivity contribution in [1.29, 1.82) is 0 Å². The van der Waals surface area contributed by atoms with Crippen LogP contribution >= 0.6 is 0 Å². The Kier molecular flexibility index (Phi) is 3.84. The van der Waals surface area contributed by atoms with Gasteiger partial charge in [0.25, 0.3) is 0 Å². The molecule has 2 amide bonds. The second kappa shape index (κ2) is 5.46. The van der Waals surface area contributed by atoms with Gasteiger partial charge < -0.3 is 10.2 Å². The zero-order valence-electron chi connectivity index (χ0n) is 17.3. The molecule has 146 valence electrons. The minimum atomic E-state index is -0.476. The van der Waals surface area contributed by atoms with E-state index < -0.39 is 5.54 Å². The lowest BCUT2D eigenvalue weighted by Crippen LogP contribution is -2.61. The fourth-order valence-corrected chi connectivity index (χ4v) is 5.50. The molecule has 2 saturated heterocycles. The van der Waals surface area contributed by atoms with E-state index in [1.165, 1.54) is 6.42 Å².